The second kappa shape index (κ2) is 5.72. The zero-order valence-corrected chi connectivity index (χ0v) is 12.5. The van der Waals surface area contributed by atoms with Gasteiger partial charge in [-0.15, -0.1) is 0 Å². The number of hydrogen-bond donors (Lipinski definition) is 3. The molecule has 0 radical (unpaired) electrons. The van der Waals surface area contributed by atoms with Crippen molar-refractivity contribution in [2.45, 2.75) is 13.0 Å². The van der Waals surface area contributed by atoms with E-state index >= 15 is 0 Å². The molecule has 0 aliphatic rings. The highest BCUT2D eigenvalue weighted by atomic mass is 79.9. The van der Waals surface area contributed by atoms with Gasteiger partial charge in [-0.25, -0.2) is 0 Å². The number of halogens is 2. The molecule has 3 N–H and O–H groups in total. The molecule has 0 amide bonds. The van der Waals surface area contributed by atoms with Crippen LogP contribution in [0.1, 0.15) is 18.5 Å². The fraction of sp³-hybridized carbons (Fsp3) is 0.143. The summed E-state index contributed by atoms with van der Waals surface area (Å²) in [5.41, 5.74) is 1.49. The van der Waals surface area contributed by atoms with Crippen molar-refractivity contribution < 1.29 is 10.2 Å². The predicted octanol–water partition coefficient (Wildman–Crippen LogP) is 4.69. The fourth-order valence-electron chi connectivity index (χ4n) is 1.81. The molecule has 2 rings (SSSR count). The third kappa shape index (κ3) is 3.33. The van der Waals surface area contributed by atoms with Crippen molar-refractivity contribution in [1.82, 2.24) is 0 Å². The molecule has 2 aromatic carbocycles. The van der Waals surface area contributed by atoms with E-state index in [2.05, 4.69) is 21.2 Å². The van der Waals surface area contributed by atoms with E-state index in [-0.39, 0.29) is 17.5 Å². The molecule has 3 nitrogen and oxygen atoms in total. The predicted molar refractivity (Wildman–Crippen MR) is 81.0 cm³/mol. The summed E-state index contributed by atoms with van der Waals surface area (Å²) in [6.07, 6.45) is 0. The molecule has 0 spiro atoms. The van der Waals surface area contributed by atoms with E-state index in [4.69, 9.17) is 11.6 Å². The average Bonchev–Trinajstić information content (AvgIpc) is 2.35. The van der Waals surface area contributed by atoms with Crippen LogP contribution in [-0.2, 0) is 0 Å². The van der Waals surface area contributed by atoms with Gasteiger partial charge < -0.3 is 15.5 Å². The number of nitrogens with one attached hydrogen (secondary N) is 1. The van der Waals surface area contributed by atoms with Crippen molar-refractivity contribution in [3.63, 3.8) is 0 Å². The summed E-state index contributed by atoms with van der Waals surface area (Å²) < 4.78 is 0.839. The number of aromatic hydroxyl groups is 2. The molecule has 0 aromatic heterocycles. The fourth-order valence-corrected chi connectivity index (χ4v) is 2.60. The molecule has 0 saturated heterocycles. The average molecular weight is 343 g/mol. The number of hydrogen-bond acceptors (Lipinski definition) is 3. The van der Waals surface area contributed by atoms with Gasteiger partial charge in [-0.05, 0) is 59.3 Å². The second-order valence-electron chi connectivity index (χ2n) is 4.23. The minimum atomic E-state index is -0.162. The van der Waals surface area contributed by atoms with E-state index in [1.807, 2.05) is 13.0 Å². The topological polar surface area (TPSA) is 52.5 Å². The summed E-state index contributed by atoms with van der Waals surface area (Å²) in [7, 11) is 0. The van der Waals surface area contributed by atoms with Gasteiger partial charge in [-0.2, -0.15) is 0 Å². The Morgan fingerprint density at radius 1 is 1.16 bits per heavy atom. The maximum atomic E-state index is 9.81. The van der Waals surface area contributed by atoms with E-state index in [0.717, 1.165) is 10.2 Å². The Morgan fingerprint density at radius 2 is 1.89 bits per heavy atom. The summed E-state index contributed by atoms with van der Waals surface area (Å²) in [6, 6.07) is 9.72. The molecule has 0 heterocycles. The highest BCUT2D eigenvalue weighted by Gasteiger charge is 2.12. The zero-order valence-electron chi connectivity index (χ0n) is 10.2. The van der Waals surface area contributed by atoms with E-state index < -0.39 is 0 Å². The summed E-state index contributed by atoms with van der Waals surface area (Å²) in [4.78, 5) is 0. The molecule has 100 valence electrons. The largest absolute Gasteiger partial charge is 0.508 e. The second-order valence-corrected chi connectivity index (χ2v) is 5.52. The van der Waals surface area contributed by atoms with Crippen molar-refractivity contribution >= 4 is 33.2 Å². The molecule has 0 fully saturated rings. The van der Waals surface area contributed by atoms with Gasteiger partial charge in [0.25, 0.3) is 0 Å². The van der Waals surface area contributed by atoms with Crippen LogP contribution in [0.2, 0.25) is 5.02 Å². The first-order valence-corrected chi connectivity index (χ1v) is 6.88. The molecule has 1 unspecified atom stereocenters. The van der Waals surface area contributed by atoms with Gasteiger partial charge in [0.05, 0.1) is 6.04 Å². The lowest BCUT2D eigenvalue weighted by molar-refractivity contribution is 0.451. The number of rotatable bonds is 3. The lowest BCUT2D eigenvalue weighted by Crippen LogP contribution is -2.07. The van der Waals surface area contributed by atoms with Gasteiger partial charge in [0.2, 0.25) is 0 Å². The maximum absolute atomic E-state index is 9.81. The number of phenols is 2. The van der Waals surface area contributed by atoms with Gasteiger partial charge in [-0.1, -0.05) is 11.6 Å². The van der Waals surface area contributed by atoms with Crippen LogP contribution in [0.3, 0.4) is 0 Å². The Bertz CT molecular complexity index is 604. The quantitative estimate of drug-likeness (QED) is 0.709. The number of phenolic OH excluding ortho intramolecular Hbond substituents is 2. The first kappa shape index (κ1) is 14.0. The zero-order chi connectivity index (χ0) is 14.0. The monoisotopic (exact) mass is 341 g/mol. The molecule has 0 aliphatic carbocycles. The van der Waals surface area contributed by atoms with E-state index in [1.54, 1.807) is 12.1 Å². The molecular formula is C14H13BrClNO2. The third-order valence-electron chi connectivity index (χ3n) is 2.78. The Labute approximate surface area is 125 Å². The van der Waals surface area contributed by atoms with Crippen LogP contribution in [0.5, 0.6) is 11.5 Å². The SMILES string of the molecule is CC(Nc1ccc(Cl)cc1Br)c1cc(O)ccc1O. The van der Waals surface area contributed by atoms with E-state index in [0.29, 0.717) is 10.6 Å². The number of benzene rings is 2. The smallest absolute Gasteiger partial charge is 0.121 e. The summed E-state index contributed by atoms with van der Waals surface area (Å²) >= 11 is 9.31. The number of anilines is 1. The van der Waals surface area contributed by atoms with Crippen molar-refractivity contribution in [3.8, 4) is 11.5 Å². The van der Waals surface area contributed by atoms with E-state index in [1.165, 1.54) is 18.2 Å². The van der Waals surface area contributed by atoms with E-state index in [9.17, 15) is 10.2 Å². The van der Waals surface area contributed by atoms with Gasteiger partial charge in [0, 0.05) is 20.7 Å². The van der Waals surface area contributed by atoms with Crippen molar-refractivity contribution in [3.05, 3.63) is 51.5 Å². The first-order valence-electron chi connectivity index (χ1n) is 5.71. The molecule has 2 aromatic rings. The van der Waals surface area contributed by atoms with Crippen LogP contribution in [0.25, 0.3) is 0 Å². The minimum Gasteiger partial charge on any atom is -0.508 e. The summed E-state index contributed by atoms with van der Waals surface area (Å²) in [5.74, 6) is 0.263. The van der Waals surface area contributed by atoms with Gasteiger partial charge in [0.15, 0.2) is 0 Å². The summed E-state index contributed by atoms with van der Waals surface area (Å²) in [5, 5.41) is 23.2. The lowest BCUT2D eigenvalue weighted by atomic mass is 10.1. The minimum absolute atomic E-state index is 0.122. The molecule has 0 bridgehead atoms. The van der Waals surface area contributed by atoms with Crippen LogP contribution >= 0.6 is 27.5 Å². The van der Waals surface area contributed by atoms with Crippen LogP contribution in [0.15, 0.2) is 40.9 Å². The molecule has 5 heteroatoms. The Balaban J connectivity index is 2.25. The first-order chi connectivity index (χ1) is 8.97. The Kier molecular flexibility index (Phi) is 4.22. The van der Waals surface area contributed by atoms with Gasteiger partial charge in [0.1, 0.15) is 11.5 Å². The molecule has 0 saturated carbocycles. The molecule has 0 aliphatic heterocycles. The van der Waals surface area contributed by atoms with Crippen molar-refractivity contribution in [2.24, 2.45) is 0 Å². The van der Waals surface area contributed by atoms with Crippen LogP contribution in [-0.4, -0.2) is 10.2 Å². The van der Waals surface area contributed by atoms with Gasteiger partial charge >= 0.3 is 0 Å². The highest BCUT2D eigenvalue weighted by molar-refractivity contribution is 9.10. The molecular weight excluding hydrogens is 330 g/mol. The van der Waals surface area contributed by atoms with Crippen LogP contribution in [0.4, 0.5) is 5.69 Å². The van der Waals surface area contributed by atoms with Crippen molar-refractivity contribution in [1.29, 1.82) is 0 Å². The van der Waals surface area contributed by atoms with Crippen molar-refractivity contribution in [2.75, 3.05) is 5.32 Å². The Hall–Kier alpha value is -1.39. The third-order valence-corrected chi connectivity index (χ3v) is 3.67. The standard InChI is InChI=1S/C14H13BrClNO2/c1-8(11-7-10(18)3-5-14(11)19)17-13-4-2-9(16)6-12(13)15/h2-8,17-19H,1H3. The normalized spacial score (nSPS) is 12.2. The van der Waals surface area contributed by atoms with Crippen LogP contribution < -0.4 is 5.32 Å². The lowest BCUT2D eigenvalue weighted by Gasteiger charge is -2.18. The van der Waals surface area contributed by atoms with Crippen LogP contribution in [0, 0.1) is 0 Å². The maximum Gasteiger partial charge on any atom is 0.121 e. The van der Waals surface area contributed by atoms with Gasteiger partial charge in [-0.3, -0.25) is 0 Å². The molecule has 1 atom stereocenters. The summed E-state index contributed by atoms with van der Waals surface area (Å²) in [6.45, 7) is 1.90. The Morgan fingerprint density at radius 3 is 2.58 bits per heavy atom. The highest BCUT2D eigenvalue weighted by Crippen LogP contribution is 2.33. The molecule has 19 heavy (non-hydrogen) atoms.